The van der Waals surface area contributed by atoms with E-state index in [2.05, 4.69) is 34.7 Å². The van der Waals surface area contributed by atoms with Crippen LogP contribution < -0.4 is 5.32 Å². The van der Waals surface area contributed by atoms with E-state index in [4.69, 9.17) is 0 Å². The number of nitrogens with one attached hydrogen (secondary N) is 1. The fourth-order valence-corrected chi connectivity index (χ4v) is 2.07. The zero-order valence-electron chi connectivity index (χ0n) is 12.3. The summed E-state index contributed by atoms with van der Waals surface area (Å²) in [5.41, 5.74) is 2.30. The standard InChI is InChI=1S/C14H20FN5/c1-9(2)16-7-13-17-18-19-20(13)8-12-5-10(3)14(15)11(4)6-12/h5-6,9,16H,7-8H2,1-4H3. The van der Waals surface area contributed by atoms with E-state index in [1.54, 1.807) is 18.5 Å². The van der Waals surface area contributed by atoms with Crippen molar-refractivity contribution >= 4 is 0 Å². The van der Waals surface area contributed by atoms with Crippen LogP contribution in [0.15, 0.2) is 12.1 Å². The van der Waals surface area contributed by atoms with Crippen LogP contribution in [0.5, 0.6) is 0 Å². The van der Waals surface area contributed by atoms with Crippen molar-refractivity contribution in [2.24, 2.45) is 0 Å². The minimum atomic E-state index is -0.146. The quantitative estimate of drug-likeness (QED) is 0.908. The maximum Gasteiger partial charge on any atom is 0.165 e. The van der Waals surface area contributed by atoms with Crippen LogP contribution in [0.25, 0.3) is 0 Å². The molecule has 1 aromatic carbocycles. The smallest absolute Gasteiger partial charge is 0.165 e. The van der Waals surface area contributed by atoms with E-state index in [1.807, 2.05) is 12.1 Å². The summed E-state index contributed by atoms with van der Waals surface area (Å²) < 4.78 is 15.4. The summed E-state index contributed by atoms with van der Waals surface area (Å²) in [7, 11) is 0. The summed E-state index contributed by atoms with van der Waals surface area (Å²) >= 11 is 0. The molecule has 5 nitrogen and oxygen atoms in total. The van der Waals surface area contributed by atoms with E-state index >= 15 is 0 Å². The Morgan fingerprint density at radius 2 is 1.90 bits per heavy atom. The average Bonchev–Trinajstić information content (AvgIpc) is 2.80. The second kappa shape index (κ2) is 6.09. The van der Waals surface area contributed by atoms with Crippen LogP contribution in [0.4, 0.5) is 4.39 Å². The number of rotatable bonds is 5. The van der Waals surface area contributed by atoms with Gasteiger partial charge in [-0.1, -0.05) is 26.0 Å². The molecule has 0 saturated heterocycles. The van der Waals surface area contributed by atoms with Crippen LogP contribution in [0.1, 0.15) is 36.4 Å². The van der Waals surface area contributed by atoms with Gasteiger partial charge in [0.2, 0.25) is 0 Å². The third-order valence-corrected chi connectivity index (χ3v) is 3.10. The molecular formula is C14H20FN5. The van der Waals surface area contributed by atoms with Crippen molar-refractivity contribution in [1.29, 1.82) is 0 Å². The van der Waals surface area contributed by atoms with Gasteiger partial charge < -0.3 is 5.32 Å². The van der Waals surface area contributed by atoms with Gasteiger partial charge in [0.25, 0.3) is 0 Å². The first-order chi connectivity index (χ1) is 9.47. The highest BCUT2D eigenvalue weighted by atomic mass is 19.1. The Kier molecular flexibility index (Phi) is 4.44. The van der Waals surface area contributed by atoms with Gasteiger partial charge in [-0.05, 0) is 41.0 Å². The lowest BCUT2D eigenvalue weighted by Crippen LogP contribution is -2.24. The van der Waals surface area contributed by atoms with Crippen molar-refractivity contribution < 1.29 is 4.39 Å². The van der Waals surface area contributed by atoms with Crippen molar-refractivity contribution in [3.8, 4) is 0 Å². The summed E-state index contributed by atoms with van der Waals surface area (Å²) in [6.45, 7) is 8.84. The summed E-state index contributed by atoms with van der Waals surface area (Å²) in [5.74, 6) is 0.630. The molecule has 2 aromatic rings. The lowest BCUT2D eigenvalue weighted by molar-refractivity contribution is 0.536. The Labute approximate surface area is 118 Å². The number of tetrazole rings is 1. The van der Waals surface area contributed by atoms with Crippen molar-refractivity contribution in [3.63, 3.8) is 0 Å². The Morgan fingerprint density at radius 3 is 2.50 bits per heavy atom. The molecule has 1 aromatic heterocycles. The summed E-state index contributed by atoms with van der Waals surface area (Å²) in [5, 5.41) is 15.0. The highest BCUT2D eigenvalue weighted by Crippen LogP contribution is 2.15. The van der Waals surface area contributed by atoms with Crippen LogP contribution in [0, 0.1) is 19.7 Å². The third kappa shape index (κ3) is 3.39. The number of halogens is 1. The van der Waals surface area contributed by atoms with E-state index in [0.29, 0.717) is 30.3 Å². The predicted molar refractivity (Wildman–Crippen MR) is 74.8 cm³/mol. The Bertz CT molecular complexity index is 568. The van der Waals surface area contributed by atoms with E-state index in [9.17, 15) is 4.39 Å². The SMILES string of the molecule is Cc1cc(Cn2nnnc2CNC(C)C)cc(C)c1F. The van der Waals surface area contributed by atoms with E-state index in [1.165, 1.54) is 0 Å². The van der Waals surface area contributed by atoms with Crippen LogP contribution in [0.3, 0.4) is 0 Å². The molecule has 0 amide bonds. The second-order valence-corrected chi connectivity index (χ2v) is 5.33. The molecule has 0 aliphatic heterocycles. The number of hydrogen-bond donors (Lipinski definition) is 1. The fraction of sp³-hybridized carbons (Fsp3) is 0.500. The summed E-state index contributed by atoms with van der Waals surface area (Å²) in [4.78, 5) is 0. The van der Waals surface area contributed by atoms with Crippen molar-refractivity contribution in [2.75, 3.05) is 0 Å². The van der Waals surface area contributed by atoms with Gasteiger partial charge in [0, 0.05) is 6.04 Å². The molecule has 0 atom stereocenters. The second-order valence-electron chi connectivity index (χ2n) is 5.33. The lowest BCUT2D eigenvalue weighted by atomic mass is 10.1. The lowest BCUT2D eigenvalue weighted by Gasteiger charge is -2.10. The molecule has 0 aliphatic carbocycles. The van der Waals surface area contributed by atoms with Crippen LogP contribution in [-0.4, -0.2) is 26.2 Å². The minimum absolute atomic E-state index is 0.146. The van der Waals surface area contributed by atoms with Gasteiger partial charge in [0.1, 0.15) is 5.82 Å². The molecule has 1 N–H and O–H groups in total. The van der Waals surface area contributed by atoms with E-state index in [-0.39, 0.29) is 5.82 Å². The van der Waals surface area contributed by atoms with Gasteiger partial charge in [-0.3, -0.25) is 0 Å². The van der Waals surface area contributed by atoms with Gasteiger partial charge in [-0.25, -0.2) is 9.07 Å². The normalized spacial score (nSPS) is 11.3. The minimum Gasteiger partial charge on any atom is -0.308 e. The average molecular weight is 277 g/mol. The van der Waals surface area contributed by atoms with Crippen LogP contribution >= 0.6 is 0 Å². The zero-order valence-corrected chi connectivity index (χ0v) is 12.3. The van der Waals surface area contributed by atoms with Crippen LogP contribution in [0.2, 0.25) is 0 Å². The first-order valence-corrected chi connectivity index (χ1v) is 6.71. The monoisotopic (exact) mass is 277 g/mol. The molecule has 0 unspecified atom stereocenters. The molecule has 0 spiro atoms. The summed E-state index contributed by atoms with van der Waals surface area (Å²) in [6, 6.07) is 4.04. The van der Waals surface area contributed by atoms with Gasteiger partial charge in [-0.15, -0.1) is 5.10 Å². The maximum atomic E-state index is 13.6. The number of benzene rings is 1. The first kappa shape index (κ1) is 14.6. The molecular weight excluding hydrogens is 257 g/mol. The first-order valence-electron chi connectivity index (χ1n) is 6.71. The topological polar surface area (TPSA) is 55.6 Å². The Morgan fingerprint density at radius 1 is 1.25 bits per heavy atom. The maximum absolute atomic E-state index is 13.6. The molecule has 6 heteroatoms. The highest BCUT2D eigenvalue weighted by Gasteiger charge is 2.09. The van der Waals surface area contributed by atoms with E-state index in [0.717, 1.165) is 11.4 Å². The molecule has 0 bridgehead atoms. The van der Waals surface area contributed by atoms with Crippen LogP contribution in [-0.2, 0) is 13.1 Å². The number of nitrogens with zero attached hydrogens (tertiary/aromatic N) is 4. The predicted octanol–water partition coefficient (Wildman–Crippen LogP) is 1.98. The Balaban J connectivity index is 2.16. The third-order valence-electron chi connectivity index (χ3n) is 3.10. The molecule has 0 radical (unpaired) electrons. The van der Waals surface area contributed by atoms with Crippen molar-refractivity contribution in [2.45, 2.75) is 46.8 Å². The summed E-state index contributed by atoms with van der Waals surface area (Å²) in [6.07, 6.45) is 0. The largest absolute Gasteiger partial charge is 0.308 e. The molecule has 108 valence electrons. The molecule has 0 fully saturated rings. The highest BCUT2D eigenvalue weighted by molar-refractivity contribution is 5.30. The van der Waals surface area contributed by atoms with Crippen molar-refractivity contribution in [3.05, 3.63) is 40.5 Å². The number of aromatic nitrogens is 4. The molecule has 0 aliphatic rings. The van der Waals surface area contributed by atoms with Gasteiger partial charge in [0.15, 0.2) is 5.82 Å². The fourth-order valence-electron chi connectivity index (χ4n) is 2.07. The van der Waals surface area contributed by atoms with Gasteiger partial charge in [0.05, 0.1) is 13.1 Å². The molecule has 0 saturated carbocycles. The molecule has 2 rings (SSSR count). The van der Waals surface area contributed by atoms with Crippen molar-refractivity contribution in [1.82, 2.24) is 25.5 Å². The van der Waals surface area contributed by atoms with E-state index < -0.39 is 0 Å². The van der Waals surface area contributed by atoms with Gasteiger partial charge in [-0.2, -0.15) is 0 Å². The van der Waals surface area contributed by atoms with Gasteiger partial charge >= 0.3 is 0 Å². The zero-order chi connectivity index (χ0) is 14.7. The number of aryl methyl sites for hydroxylation is 2. The number of hydrogen-bond acceptors (Lipinski definition) is 4. The Hall–Kier alpha value is -1.82. The molecule has 1 heterocycles. The molecule has 20 heavy (non-hydrogen) atoms.